The van der Waals surface area contributed by atoms with Crippen molar-refractivity contribution >= 4 is 17.7 Å². The van der Waals surface area contributed by atoms with Gasteiger partial charge >= 0.3 is 0 Å². The molecule has 1 heterocycles. The van der Waals surface area contributed by atoms with Crippen molar-refractivity contribution in [3.8, 4) is 5.88 Å². The van der Waals surface area contributed by atoms with Crippen LogP contribution in [0.2, 0.25) is 5.15 Å². The molecule has 0 fully saturated rings. The molecule has 0 aromatic carbocycles. The molecule has 0 aliphatic rings. The van der Waals surface area contributed by atoms with Crippen molar-refractivity contribution in [3.05, 3.63) is 23.1 Å². The summed E-state index contributed by atoms with van der Waals surface area (Å²) in [6, 6.07) is 1.57. The molecule has 0 spiro atoms. The molecule has 0 saturated carbocycles. The molecule has 0 radical (unpaired) electrons. The summed E-state index contributed by atoms with van der Waals surface area (Å²) in [5.41, 5.74) is 0. The highest BCUT2D eigenvalue weighted by Crippen LogP contribution is 2.13. The van der Waals surface area contributed by atoms with Gasteiger partial charge in [-0.15, -0.1) is 0 Å². The van der Waals surface area contributed by atoms with Crippen molar-refractivity contribution in [2.45, 2.75) is 13.3 Å². The molecule has 1 aromatic rings. The van der Waals surface area contributed by atoms with Crippen molar-refractivity contribution in [3.63, 3.8) is 0 Å². The first-order valence-corrected chi connectivity index (χ1v) is 4.39. The molecule has 0 unspecified atom stereocenters. The quantitative estimate of drug-likeness (QED) is 0.701. The monoisotopic (exact) mass is 198 g/mol. The predicted octanol–water partition coefficient (Wildman–Crippen LogP) is 2.56. The number of allylic oxidation sites excluding steroid dienone is 1. The van der Waals surface area contributed by atoms with E-state index in [1.54, 1.807) is 13.2 Å². The van der Waals surface area contributed by atoms with Crippen LogP contribution >= 0.6 is 11.6 Å². The highest BCUT2D eigenvalue weighted by Gasteiger charge is 1.99. The second kappa shape index (κ2) is 4.82. The first kappa shape index (κ1) is 9.99. The Kier molecular flexibility index (Phi) is 3.71. The fraction of sp³-hybridized carbons (Fsp3) is 0.333. The van der Waals surface area contributed by atoms with Crippen LogP contribution in [-0.2, 0) is 0 Å². The van der Waals surface area contributed by atoms with Crippen molar-refractivity contribution < 1.29 is 4.74 Å². The van der Waals surface area contributed by atoms with Gasteiger partial charge in [-0.3, -0.25) is 0 Å². The summed E-state index contributed by atoms with van der Waals surface area (Å²) in [7, 11) is 1.55. The van der Waals surface area contributed by atoms with E-state index in [0.29, 0.717) is 16.9 Å². The Morgan fingerprint density at radius 2 is 2.31 bits per heavy atom. The molecular formula is C9H11ClN2O. The van der Waals surface area contributed by atoms with Crippen molar-refractivity contribution in [1.29, 1.82) is 0 Å². The summed E-state index contributed by atoms with van der Waals surface area (Å²) in [5.74, 6) is 1.06. The van der Waals surface area contributed by atoms with Gasteiger partial charge in [-0.2, -0.15) is 4.98 Å². The van der Waals surface area contributed by atoms with Gasteiger partial charge in [-0.05, 0) is 12.5 Å². The van der Waals surface area contributed by atoms with Crippen LogP contribution in [0.4, 0.5) is 0 Å². The van der Waals surface area contributed by atoms with Crippen LogP contribution in [0.15, 0.2) is 12.1 Å². The Morgan fingerprint density at radius 1 is 1.54 bits per heavy atom. The molecule has 0 atom stereocenters. The zero-order valence-corrected chi connectivity index (χ0v) is 8.38. The molecule has 0 aliphatic heterocycles. The molecule has 13 heavy (non-hydrogen) atoms. The predicted molar refractivity (Wildman–Crippen MR) is 52.9 cm³/mol. The summed E-state index contributed by atoms with van der Waals surface area (Å²) in [4.78, 5) is 8.09. The smallest absolute Gasteiger partial charge is 0.218 e. The average molecular weight is 199 g/mol. The lowest BCUT2D eigenvalue weighted by Gasteiger charge is -1.99. The van der Waals surface area contributed by atoms with E-state index < -0.39 is 0 Å². The number of aromatic nitrogens is 2. The SMILES string of the molecule is CCC=Cc1nc(Cl)cc(OC)n1. The van der Waals surface area contributed by atoms with Crippen LogP contribution in [0, 0.1) is 0 Å². The molecule has 1 rings (SSSR count). The van der Waals surface area contributed by atoms with Crippen LogP contribution in [0.1, 0.15) is 19.2 Å². The summed E-state index contributed by atoms with van der Waals surface area (Å²) in [6.07, 6.45) is 4.72. The fourth-order valence-corrected chi connectivity index (χ4v) is 0.996. The van der Waals surface area contributed by atoms with Gasteiger partial charge in [-0.25, -0.2) is 4.98 Å². The third-order valence-electron chi connectivity index (χ3n) is 1.40. The standard InChI is InChI=1S/C9H11ClN2O/c1-3-4-5-8-11-7(10)6-9(12-8)13-2/h4-6H,3H2,1-2H3. The highest BCUT2D eigenvalue weighted by molar-refractivity contribution is 6.29. The summed E-state index contributed by atoms with van der Waals surface area (Å²) >= 11 is 5.74. The van der Waals surface area contributed by atoms with E-state index in [2.05, 4.69) is 9.97 Å². The molecule has 0 bridgehead atoms. The van der Waals surface area contributed by atoms with Crippen LogP contribution < -0.4 is 4.74 Å². The first-order chi connectivity index (χ1) is 6.26. The minimum Gasteiger partial charge on any atom is -0.481 e. The van der Waals surface area contributed by atoms with Crippen LogP contribution in [0.5, 0.6) is 5.88 Å². The molecule has 0 amide bonds. The Balaban J connectivity index is 2.94. The van der Waals surface area contributed by atoms with Gasteiger partial charge < -0.3 is 4.74 Å². The maximum Gasteiger partial charge on any atom is 0.218 e. The van der Waals surface area contributed by atoms with Gasteiger partial charge in [0, 0.05) is 6.07 Å². The number of nitrogens with zero attached hydrogens (tertiary/aromatic N) is 2. The zero-order valence-electron chi connectivity index (χ0n) is 7.62. The minimum atomic E-state index is 0.391. The summed E-state index contributed by atoms with van der Waals surface area (Å²) in [6.45, 7) is 2.04. The number of halogens is 1. The first-order valence-electron chi connectivity index (χ1n) is 4.01. The van der Waals surface area contributed by atoms with E-state index in [0.717, 1.165) is 6.42 Å². The Hall–Kier alpha value is -1.09. The molecule has 0 N–H and O–H groups in total. The lowest BCUT2D eigenvalue weighted by atomic mass is 10.4. The number of ether oxygens (including phenoxy) is 1. The van der Waals surface area contributed by atoms with Crippen LogP contribution in [-0.4, -0.2) is 17.1 Å². The van der Waals surface area contributed by atoms with E-state index >= 15 is 0 Å². The van der Waals surface area contributed by atoms with Gasteiger partial charge in [0.05, 0.1) is 7.11 Å². The largest absolute Gasteiger partial charge is 0.481 e. The zero-order chi connectivity index (χ0) is 9.68. The molecule has 1 aromatic heterocycles. The number of methoxy groups -OCH3 is 1. The Bertz CT molecular complexity index is 312. The van der Waals surface area contributed by atoms with Crippen molar-refractivity contribution in [1.82, 2.24) is 9.97 Å². The fourth-order valence-electron chi connectivity index (χ4n) is 0.816. The minimum absolute atomic E-state index is 0.391. The van der Waals surface area contributed by atoms with Gasteiger partial charge in [0.1, 0.15) is 5.15 Å². The molecule has 3 nitrogen and oxygen atoms in total. The molecular weight excluding hydrogens is 188 g/mol. The van der Waals surface area contributed by atoms with E-state index in [-0.39, 0.29) is 0 Å². The average Bonchev–Trinajstić information content (AvgIpc) is 2.14. The topological polar surface area (TPSA) is 35.0 Å². The van der Waals surface area contributed by atoms with Crippen LogP contribution in [0.3, 0.4) is 0 Å². The third kappa shape index (κ3) is 3.03. The van der Waals surface area contributed by atoms with E-state index in [1.807, 2.05) is 19.1 Å². The third-order valence-corrected chi connectivity index (χ3v) is 1.59. The molecule has 70 valence electrons. The number of hydrogen-bond donors (Lipinski definition) is 0. The van der Waals surface area contributed by atoms with E-state index in [4.69, 9.17) is 16.3 Å². The normalized spacial score (nSPS) is 10.7. The number of rotatable bonds is 3. The van der Waals surface area contributed by atoms with Gasteiger partial charge in [0.2, 0.25) is 5.88 Å². The Labute approximate surface area is 82.4 Å². The molecule has 0 aliphatic carbocycles. The van der Waals surface area contributed by atoms with E-state index in [9.17, 15) is 0 Å². The number of hydrogen-bond acceptors (Lipinski definition) is 3. The lowest BCUT2D eigenvalue weighted by molar-refractivity contribution is 0.396. The lowest BCUT2D eigenvalue weighted by Crippen LogP contribution is -1.93. The Morgan fingerprint density at radius 3 is 2.92 bits per heavy atom. The van der Waals surface area contributed by atoms with Crippen LogP contribution in [0.25, 0.3) is 6.08 Å². The summed E-state index contributed by atoms with van der Waals surface area (Å²) in [5, 5.41) is 0.391. The van der Waals surface area contributed by atoms with Crippen molar-refractivity contribution in [2.75, 3.05) is 7.11 Å². The van der Waals surface area contributed by atoms with Gasteiger partial charge in [0.25, 0.3) is 0 Å². The van der Waals surface area contributed by atoms with Gasteiger partial charge in [0.15, 0.2) is 5.82 Å². The maximum absolute atomic E-state index is 5.74. The van der Waals surface area contributed by atoms with Gasteiger partial charge in [-0.1, -0.05) is 24.6 Å². The highest BCUT2D eigenvalue weighted by atomic mass is 35.5. The second-order valence-electron chi connectivity index (χ2n) is 2.40. The van der Waals surface area contributed by atoms with E-state index in [1.165, 1.54) is 0 Å². The summed E-state index contributed by atoms with van der Waals surface area (Å²) < 4.78 is 4.95. The second-order valence-corrected chi connectivity index (χ2v) is 2.79. The molecule has 4 heteroatoms. The molecule has 0 saturated heterocycles. The van der Waals surface area contributed by atoms with Crippen molar-refractivity contribution in [2.24, 2.45) is 0 Å². The maximum atomic E-state index is 5.74.